The number of para-hydroxylation sites is 1. The molecule has 3 rings (SSSR count). The highest BCUT2D eigenvalue weighted by Crippen LogP contribution is 2.32. The summed E-state index contributed by atoms with van der Waals surface area (Å²) in [4.78, 5) is 7.81. The molecule has 0 N–H and O–H groups in total. The van der Waals surface area contributed by atoms with Crippen LogP contribution < -0.4 is 4.90 Å². The molecule has 0 bridgehead atoms. The number of alkyl halides is 1. The van der Waals surface area contributed by atoms with E-state index in [1.54, 1.807) is 0 Å². The first-order chi connectivity index (χ1) is 8.74. The first-order valence-electron chi connectivity index (χ1n) is 6.48. The van der Waals surface area contributed by atoms with E-state index in [-0.39, 0.29) is 0 Å². The fourth-order valence-electron chi connectivity index (χ4n) is 2.55. The number of piperidine rings is 1. The van der Waals surface area contributed by atoms with Crippen molar-refractivity contribution in [2.24, 2.45) is 5.92 Å². The molecule has 18 heavy (non-hydrogen) atoms. The maximum atomic E-state index is 4.74. The highest BCUT2D eigenvalue weighted by molar-refractivity contribution is 9.09. The lowest BCUT2D eigenvalue weighted by Gasteiger charge is -2.33. The Balaban J connectivity index is 1.76. The van der Waals surface area contributed by atoms with Crippen LogP contribution in [0.2, 0.25) is 0 Å². The Hall–Kier alpha value is -0.610. The summed E-state index contributed by atoms with van der Waals surface area (Å²) >= 11 is 5.53. The summed E-state index contributed by atoms with van der Waals surface area (Å²) in [7, 11) is 0. The van der Waals surface area contributed by atoms with E-state index in [1.807, 2.05) is 11.3 Å². The number of aromatic nitrogens is 1. The molecule has 0 aliphatic carbocycles. The first-order valence-corrected chi connectivity index (χ1v) is 8.22. The molecule has 1 aromatic heterocycles. The Labute approximate surface area is 120 Å². The summed E-state index contributed by atoms with van der Waals surface area (Å²) in [5, 5.41) is 1.19. The zero-order valence-electron chi connectivity index (χ0n) is 10.5. The van der Waals surface area contributed by atoms with Gasteiger partial charge in [0, 0.05) is 17.9 Å². The molecule has 0 spiro atoms. The number of fused-ring (bicyclic) bond motifs is 1. The molecule has 1 aliphatic heterocycles. The molecule has 2 heterocycles. The quantitative estimate of drug-likeness (QED) is 0.766. The first kappa shape index (κ1) is 12.4. The molecule has 1 aromatic carbocycles. The van der Waals surface area contributed by atoms with Gasteiger partial charge in [-0.25, -0.2) is 4.98 Å². The Kier molecular flexibility index (Phi) is 3.57. The molecular weight excluding hydrogens is 308 g/mol. The average Bonchev–Trinajstić information content (AvgIpc) is 2.82. The van der Waals surface area contributed by atoms with Crippen molar-refractivity contribution in [3.63, 3.8) is 0 Å². The summed E-state index contributed by atoms with van der Waals surface area (Å²) in [6, 6.07) is 8.40. The smallest absolute Gasteiger partial charge is 0.186 e. The van der Waals surface area contributed by atoms with E-state index in [4.69, 9.17) is 4.98 Å². The van der Waals surface area contributed by atoms with Crippen LogP contribution in [0.25, 0.3) is 10.2 Å². The van der Waals surface area contributed by atoms with Gasteiger partial charge < -0.3 is 4.90 Å². The highest BCUT2D eigenvalue weighted by Gasteiger charge is 2.23. The molecular formula is C14H17BrN2S. The summed E-state index contributed by atoms with van der Waals surface area (Å²) in [5.74, 6) is 0.815. The van der Waals surface area contributed by atoms with Gasteiger partial charge in [-0.2, -0.15) is 0 Å². The fourth-order valence-corrected chi connectivity index (χ4v) is 4.09. The topological polar surface area (TPSA) is 16.1 Å². The molecule has 96 valence electrons. The lowest BCUT2D eigenvalue weighted by Crippen LogP contribution is -2.35. The number of benzene rings is 1. The minimum atomic E-state index is 0.634. The van der Waals surface area contributed by atoms with Crippen molar-refractivity contribution >= 4 is 42.6 Å². The number of anilines is 1. The predicted octanol–water partition coefficient (Wildman–Crippen LogP) is 4.30. The van der Waals surface area contributed by atoms with E-state index < -0.39 is 0 Å². The number of thiazole rings is 1. The van der Waals surface area contributed by atoms with E-state index in [0.717, 1.165) is 24.5 Å². The molecule has 2 nitrogen and oxygen atoms in total. The third-order valence-electron chi connectivity index (χ3n) is 3.74. The zero-order chi connectivity index (χ0) is 12.5. The van der Waals surface area contributed by atoms with E-state index in [0.29, 0.717) is 4.83 Å². The second-order valence-corrected chi connectivity index (χ2v) is 7.42. The molecule has 1 unspecified atom stereocenters. The minimum Gasteiger partial charge on any atom is -0.348 e. The van der Waals surface area contributed by atoms with Crippen LogP contribution in [-0.2, 0) is 0 Å². The van der Waals surface area contributed by atoms with Gasteiger partial charge in [-0.3, -0.25) is 0 Å². The zero-order valence-corrected chi connectivity index (χ0v) is 12.9. The lowest BCUT2D eigenvalue weighted by molar-refractivity contribution is 0.407. The second kappa shape index (κ2) is 5.17. The van der Waals surface area contributed by atoms with Gasteiger partial charge in [0.15, 0.2) is 5.13 Å². The largest absolute Gasteiger partial charge is 0.348 e. The van der Waals surface area contributed by atoms with Gasteiger partial charge in [0.05, 0.1) is 10.2 Å². The van der Waals surface area contributed by atoms with E-state index in [2.05, 4.69) is 52.0 Å². The molecule has 0 saturated carbocycles. The van der Waals surface area contributed by atoms with Crippen LogP contribution in [0.4, 0.5) is 5.13 Å². The van der Waals surface area contributed by atoms with Crippen LogP contribution in [0.1, 0.15) is 19.8 Å². The third-order valence-corrected chi connectivity index (χ3v) is 5.59. The van der Waals surface area contributed by atoms with Gasteiger partial charge in [0.2, 0.25) is 0 Å². The van der Waals surface area contributed by atoms with Gasteiger partial charge in [-0.05, 0) is 30.9 Å². The molecule has 1 fully saturated rings. The van der Waals surface area contributed by atoms with Crippen LogP contribution >= 0.6 is 27.3 Å². The van der Waals surface area contributed by atoms with Crippen molar-refractivity contribution in [3.05, 3.63) is 24.3 Å². The average molecular weight is 325 g/mol. The van der Waals surface area contributed by atoms with Crippen LogP contribution in [0.15, 0.2) is 24.3 Å². The Morgan fingerprint density at radius 2 is 2.06 bits per heavy atom. The fraction of sp³-hybridized carbons (Fsp3) is 0.500. The summed E-state index contributed by atoms with van der Waals surface area (Å²) in [6.45, 7) is 4.54. The van der Waals surface area contributed by atoms with E-state index >= 15 is 0 Å². The van der Waals surface area contributed by atoms with Crippen molar-refractivity contribution in [2.45, 2.75) is 24.6 Å². The maximum absolute atomic E-state index is 4.74. The molecule has 1 saturated heterocycles. The molecule has 4 heteroatoms. The van der Waals surface area contributed by atoms with Crippen LogP contribution in [0, 0.1) is 5.92 Å². The molecule has 1 aliphatic rings. The summed E-state index contributed by atoms with van der Waals surface area (Å²) < 4.78 is 1.29. The monoisotopic (exact) mass is 324 g/mol. The summed E-state index contributed by atoms with van der Waals surface area (Å²) in [6.07, 6.45) is 2.53. The normalized spacial score (nSPS) is 19.3. The van der Waals surface area contributed by atoms with E-state index in [9.17, 15) is 0 Å². The van der Waals surface area contributed by atoms with Gasteiger partial charge >= 0.3 is 0 Å². The van der Waals surface area contributed by atoms with Gasteiger partial charge in [0.1, 0.15) is 0 Å². The summed E-state index contributed by atoms with van der Waals surface area (Å²) in [5.41, 5.74) is 1.13. The number of hydrogen-bond donors (Lipinski definition) is 0. The lowest BCUT2D eigenvalue weighted by atomic mass is 9.95. The van der Waals surface area contributed by atoms with Crippen LogP contribution in [0.3, 0.4) is 0 Å². The van der Waals surface area contributed by atoms with Crippen molar-refractivity contribution < 1.29 is 0 Å². The Morgan fingerprint density at radius 3 is 2.72 bits per heavy atom. The van der Waals surface area contributed by atoms with Crippen LogP contribution in [-0.4, -0.2) is 22.9 Å². The minimum absolute atomic E-state index is 0.634. The van der Waals surface area contributed by atoms with Crippen molar-refractivity contribution in [3.8, 4) is 0 Å². The molecule has 0 amide bonds. The number of rotatable bonds is 2. The number of hydrogen-bond acceptors (Lipinski definition) is 3. The van der Waals surface area contributed by atoms with Gasteiger partial charge in [-0.1, -0.05) is 46.3 Å². The second-order valence-electron chi connectivity index (χ2n) is 4.97. The molecule has 2 aromatic rings. The van der Waals surface area contributed by atoms with E-state index in [1.165, 1.54) is 22.7 Å². The van der Waals surface area contributed by atoms with Crippen molar-refractivity contribution in [1.82, 2.24) is 4.98 Å². The third kappa shape index (κ3) is 2.41. The SMILES string of the molecule is CC(Br)C1CCN(c2nc3ccccc3s2)CC1. The number of halogens is 1. The Morgan fingerprint density at radius 1 is 1.33 bits per heavy atom. The molecule has 0 radical (unpaired) electrons. The van der Waals surface area contributed by atoms with Crippen molar-refractivity contribution in [2.75, 3.05) is 18.0 Å². The predicted molar refractivity (Wildman–Crippen MR) is 82.9 cm³/mol. The van der Waals surface area contributed by atoms with Gasteiger partial charge in [-0.15, -0.1) is 0 Å². The number of nitrogens with zero attached hydrogens (tertiary/aromatic N) is 2. The Bertz CT molecular complexity index is 496. The van der Waals surface area contributed by atoms with Crippen LogP contribution in [0.5, 0.6) is 0 Å². The maximum Gasteiger partial charge on any atom is 0.186 e. The standard InChI is InChI=1S/C14H17BrN2S/c1-10(15)11-6-8-17(9-7-11)14-16-12-4-2-3-5-13(12)18-14/h2-5,10-11H,6-9H2,1H3. The van der Waals surface area contributed by atoms with Gasteiger partial charge in [0.25, 0.3) is 0 Å². The molecule has 1 atom stereocenters. The highest BCUT2D eigenvalue weighted by atomic mass is 79.9. The van der Waals surface area contributed by atoms with Crippen molar-refractivity contribution in [1.29, 1.82) is 0 Å².